The molecule has 140 valence electrons. The Kier molecular flexibility index (Phi) is 8.62. The number of aliphatic carboxylic acids is 1. The zero-order valence-electron chi connectivity index (χ0n) is 15.6. The molecule has 25 heavy (non-hydrogen) atoms. The second-order valence-electron chi connectivity index (χ2n) is 5.68. The Morgan fingerprint density at radius 1 is 1.28 bits per heavy atom. The van der Waals surface area contributed by atoms with Gasteiger partial charge in [0.25, 0.3) is 0 Å². The highest BCUT2D eigenvalue weighted by Gasteiger charge is 2.21. The van der Waals surface area contributed by atoms with Crippen molar-refractivity contribution in [3.8, 4) is 0 Å². The van der Waals surface area contributed by atoms with Crippen LogP contribution in [0.25, 0.3) is 0 Å². The molecule has 0 bridgehead atoms. The second kappa shape index (κ2) is 10.4. The van der Waals surface area contributed by atoms with E-state index in [1.165, 1.54) is 0 Å². The number of carboxylic acids is 1. The Hall–Kier alpha value is -2.42. The maximum Gasteiger partial charge on any atom is 0.317 e. The molecule has 1 saturated heterocycles. The number of guanidine groups is 1. The highest BCUT2D eigenvalue weighted by atomic mass is 16.4. The lowest BCUT2D eigenvalue weighted by Crippen LogP contribution is -2.49. The van der Waals surface area contributed by atoms with Crippen LogP contribution in [0.3, 0.4) is 0 Å². The number of hydrogen-bond donors (Lipinski definition) is 1. The highest BCUT2D eigenvalue weighted by Crippen LogP contribution is 2.07. The van der Waals surface area contributed by atoms with E-state index in [1.807, 2.05) is 29.0 Å². The summed E-state index contributed by atoms with van der Waals surface area (Å²) in [6.07, 6.45) is 4.90. The van der Waals surface area contributed by atoms with E-state index in [1.54, 1.807) is 24.2 Å². The van der Waals surface area contributed by atoms with Gasteiger partial charge in [0.2, 0.25) is 5.96 Å². The average molecular weight is 351 g/mol. The van der Waals surface area contributed by atoms with Gasteiger partial charge in [0.15, 0.2) is 0 Å². The van der Waals surface area contributed by atoms with Crippen LogP contribution >= 0.6 is 0 Å². The molecule has 0 aliphatic carbocycles. The van der Waals surface area contributed by atoms with Gasteiger partial charge in [-0.3, -0.25) is 19.7 Å². The number of nitrogens with zero attached hydrogens (tertiary/aromatic N) is 7. The number of carbonyl (C=O) groups is 1. The minimum Gasteiger partial charge on any atom is -0.480 e. The first kappa shape index (κ1) is 20.6. The molecule has 0 aromatic rings. The van der Waals surface area contributed by atoms with Crippen molar-refractivity contribution in [3.63, 3.8) is 0 Å². The number of rotatable bonds is 7. The second-order valence-corrected chi connectivity index (χ2v) is 5.68. The zero-order valence-corrected chi connectivity index (χ0v) is 15.6. The number of hydrazine groups is 1. The number of carboxylic acid groups (broad SMARTS) is 1. The monoisotopic (exact) mass is 351 g/mol. The van der Waals surface area contributed by atoms with Gasteiger partial charge in [0, 0.05) is 47.3 Å². The summed E-state index contributed by atoms with van der Waals surface area (Å²) in [5, 5.41) is 20.6. The Balaban J connectivity index is 2.58. The molecular weight excluding hydrogens is 322 g/mol. The van der Waals surface area contributed by atoms with Crippen molar-refractivity contribution in [2.24, 2.45) is 15.3 Å². The number of aliphatic imine (C=N–C) groups is 1. The minimum absolute atomic E-state index is 0.0644. The highest BCUT2D eigenvalue weighted by molar-refractivity contribution is 5.80. The fourth-order valence-electron chi connectivity index (χ4n) is 2.26. The molecule has 1 N–H and O–H groups in total. The SMILES string of the molecule is C=C(/C=C\CC)N(C)N(C)/N=N\C(=N/C)N1CCN(CC(=O)O)CC1. The lowest BCUT2D eigenvalue weighted by Gasteiger charge is -2.34. The van der Waals surface area contributed by atoms with Crippen LogP contribution in [-0.2, 0) is 4.79 Å². The number of hydrogen-bond acceptors (Lipinski definition) is 5. The lowest BCUT2D eigenvalue weighted by molar-refractivity contribution is -0.138. The molecule has 0 radical (unpaired) electrons. The summed E-state index contributed by atoms with van der Waals surface area (Å²) < 4.78 is 0. The van der Waals surface area contributed by atoms with E-state index in [2.05, 4.69) is 28.8 Å². The number of allylic oxidation sites excluding steroid dienone is 2. The third-order valence-electron chi connectivity index (χ3n) is 3.87. The van der Waals surface area contributed by atoms with Gasteiger partial charge in [-0.1, -0.05) is 24.7 Å². The first-order valence-corrected chi connectivity index (χ1v) is 8.29. The minimum atomic E-state index is -0.806. The van der Waals surface area contributed by atoms with Crippen LogP contribution in [0.1, 0.15) is 13.3 Å². The van der Waals surface area contributed by atoms with Crippen LogP contribution in [0.4, 0.5) is 0 Å². The van der Waals surface area contributed by atoms with Gasteiger partial charge >= 0.3 is 5.97 Å². The quantitative estimate of drug-likeness (QED) is 0.245. The van der Waals surface area contributed by atoms with Crippen LogP contribution in [0.2, 0.25) is 0 Å². The van der Waals surface area contributed by atoms with Crippen LogP contribution in [-0.4, -0.2) is 90.8 Å². The van der Waals surface area contributed by atoms with Crippen LogP contribution in [0.5, 0.6) is 0 Å². The third-order valence-corrected chi connectivity index (χ3v) is 3.87. The normalized spacial score (nSPS) is 16.6. The van der Waals surface area contributed by atoms with Crippen molar-refractivity contribution < 1.29 is 9.90 Å². The molecule has 1 aliphatic rings. The van der Waals surface area contributed by atoms with E-state index >= 15 is 0 Å². The predicted molar refractivity (Wildman–Crippen MR) is 98.0 cm³/mol. The largest absolute Gasteiger partial charge is 0.480 e. The van der Waals surface area contributed by atoms with Crippen molar-refractivity contribution in [2.75, 3.05) is 53.9 Å². The molecule has 0 spiro atoms. The topological polar surface area (TPSA) is 87.3 Å². The van der Waals surface area contributed by atoms with Crippen molar-refractivity contribution >= 4 is 11.9 Å². The lowest BCUT2D eigenvalue weighted by atomic mass is 10.3. The third kappa shape index (κ3) is 6.92. The van der Waals surface area contributed by atoms with Gasteiger partial charge in [-0.2, -0.15) is 5.12 Å². The number of piperazine rings is 1. The molecule has 1 aliphatic heterocycles. The summed E-state index contributed by atoms with van der Waals surface area (Å²) in [6.45, 7) is 8.78. The van der Waals surface area contributed by atoms with Crippen LogP contribution in [0, 0.1) is 0 Å². The van der Waals surface area contributed by atoms with Gasteiger partial charge in [-0.25, -0.2) is 0 Å². The predicted octanol–water partition coefficient (Wildman–Crippen LogP) is 1.30. The maximum atomic E-state index is 10.8. The van der Waals surface area contributed by atoms with Crippen molar-refractivity contribution in [3.05, 3.63) is 24.4 Å². The molecule has 9 heteroatoms. The summed E-state index contributed by atoms with van der Waals surface area (Å²) >= 11 is 0. The molecule has 0 amide bonds. The Bertz CT molecular complexity index is 537. The Labute approximate surface area is 149 Å². The van der Waals surface area contributed by atoms with Gasteiger partial charge < -0.3 is 10.0 Å². The van der Waals surface area contributed by atoms with E-state index in [-0.39, 0.29) is 6.54 Å². The van der Waals surface area contributed by atoms with Crippen LogP contribution < -0.4 is 0 Å². The van der Waals surface area contributed by atoms with Crippen LogP contribution in [0.15, 0.2) is 39.8 Å². The van der Waals surface area contributed by atoms with E-state index < -0.39 is 5.97 Å². The summed E-state index contributed by atoms with van der Waals surface area (Å²) in [4.78, 5) is 18.9. The van der Waals surface area contributed by atoms with E-state index in [0.717, 1.165) is 12.1 Å². The van der Waals surface area contributed by atoms with Gasteiger partial charge in [0.05, 0.1) is 12.2 Å². The fraction of sp³-hybridized carbons (Fsp3) is 0.625. The summed E-state index contributed by atoms with van der Waals surface area (Å²) in [5.74, 6) is -0.274. The van der Waals surface area contributed by atoms with E-state index in [4.69, 9.17) is 5.11 Å². The smallest absolute Gasteiger partial charge is 0.317 e. The molecule has 1 heterocycles. The molecule has 0 atom stereocenters. The standard InChI is InChI=1S/C16H29N7O2/c1-6-7-8-14(2)20(4)21(5)19-18-16(17-3)23-11-9-22(10-12-23)13-15(24)25/h7-8H,2,6,9-13H2,1,3-5H3,(H,24,25)/b8-7-,17-16+,19-18-. The molecule has 0 aromatic heterocycles. The molecule has 1 fully saturated rings. The van der Waals surface area contributed by atoms with Gasteiger partial charge in [-0.15, -0.1) is 0 Å². The van der Waals surface area contributed by atoms with Gasteiger partial charge in [0.1, 0.15) is 0 Å². The maximum absolute atomic E-state index is 10.8. The molecule has 9 nitrogen and oxygen atoms in total. The molecule has 1 rings (SSSR count). The summed E-state index contributed by atoms with van der Waals surface area (Å²) in [5.41, 5.74) is 0.806. The summed E-state index contributed by atoms with van der Waals surface area (Å²) in [6, 6.07) is 0. The van der Waals surface area contributed by atoms with Crippen molar-refractivity contribution in [1.29, 1.82) is 0 Å². The Morgan fingerprint density at radius 3 is 2.44 bits per heavy atom. The molecule has 0 aromatic carbocycles. The zero-order chi connectivity index (χ0) is 18.8. The molecule has 0 saturated carbocycles. The Morgan fingerprint density at radius 2 is 1.92 bits per heavy atom. The number of likely N-dealkylation sites (N-methyl/N-ethyl adjacent to an activating group) is 1. The van der Waals surface area contributed by atoms with E-state index in [0.29, 0.717) is 32.1 Å². The van der Waals surface area contributed by atoms with Gasteiger partial charge in [-0.05, 0) is 17.7 Å². The van der Waals surface area contributed by atoms with Crippen molar-refractivity contribution in [1.82, 2.24) is 19.9 Å². The summed E-state index contributed by atoms with van der Waals surface area (Å²) in [7, 11) is 5.31. The molecule has 0 unspecified atom stereocenters. The first-order valence-electron chi connectivity index (χ1n) is 8.29. The first-order chi connectivity index (χ1) is 11.9. The van der Waals surface area contributed by atoms with E-state index in [9.17, 15) is 4.79 Å². The fourth-order valence-corrected chi connectivity index (χ4v) is 2.26. The average Bonchev–Trinajstić information content (AvgIpc) is 2.60. The van der Waals surface area contributed by atoms with Crippen molar-refractivity contribution in [2.45, 2.75) is 13.3 Å². The molecular formula is C16H29N7O2.